The maximum atomic E-state index is 12.9. The molecule has 4 bridgehead atoms. The molecule has 1 aliphatic heterocycles. The van der Waals surface area contributed by atoms with E-state index in [2.05, 4.69) is 5.32 Å². The van der Waals surface area contributed by atoms with E-state index in [1.165, 1.54) is 43.4 Å². The predicted molar refractivity (Wildman–Crippen MR) is 93.2 cm³/mol. The molecule has 0 spiro atoms. The minimum absolute atomic E-state index is 0.000156. The second kappa shape index (κ2) is 5.66. The number of quaternary nitrogens is 1. The van der Waals surface area contributed by atoms with E-state index in [1.54, 1.807) is 0 Å². The molecule has 1 heterocycles. The molecule has 1 aromatic carbocycles. The van der Waals surface area contributed by atoms with Crippen LogP contribution in [0.5, 0.6) is 0 Å². The van der Waals surface area contributed by atoms with Crippen molar-refractivity contribution in [2.24, 2.45) is 17.8 Å². The first-order valence-corrected chi connectivity index (χ1v) is 9.84. The molecule has 4 heteroatoms. The molecule has 2 N–H and O–H groups in total. The summed E-state index contributed by atoms with van der Waals surface area (Å²) in [5.41, 5.74) is 1.28. The standard InChI is InChI=1S/C21H26N2O2/c24-19-9-18(20(25)23(19)13-14-4-2-1-3-5-14)22-21-10-15-6-16(11-21)8-17(7-15)12-21/h1-5,15-18,22H,6-13H2/p+1/t15?,16?,17?,18-,21?/m0/s1. The Hall–Kier alpha value is -1.68. The van der Waals surface area contributed by atoms with E-state index in [4.69, 9.17) is 0 Å². The molecule has 4 saturated carbocycles. The summed E-state index contributed by atoms with van der Waals surface area (Å²) < 4.78 is 0. The van der Waals surface area contributed by atoms with Crippen molar-refractivity contribution in [3.05, 3.63) is 35.9 Å². The largest absolute Gasteiger partial charge is 0.331 e. The molecule has 25 heavy (non-hydrogen) atoms. The quantitative estimate of drug-likeness (QED) is 0.851. The Morgan fingerprint density at radius 3 is 2.16 bits per heavy atom. The molecule has 0 unspecified atom stereocenters. The first-order valence-electron chi connectivity index (χ1n) is 9.84. The molecular weight excluding hydrogens is 312 g/mol. The maximum absolute atomic E-state index is 12.9. The SMILES string of the molecule is O=C1C[C@H]([NH2+]C23CC4CC(CC(C4)C2)C3)C(=O)N1Cc1ccccc1. The fourth-order valence-corrected chi connectivity index (χ4v) is 6.58. The van der Waals surface area contributed by atoms with E-state index in [9.17, 15) is 9.59 Å². The van der Waals surface area contributed by atoms with Crippen molar-refractivity contribution in [1.29, 1.82) is 0 Å². The molecule has 5 fully saturated rings. The van der Waals surface area contributed by atoms with E-state index in [0.29, 0.717) is 13.0 Å². The minimum atomic E-state index is -0.188. The third kappa shape index (κ3) is 2.71. The molecule has 0 aromatic heterocycles. The monoisotopic (exact) mass is 339 g/mol. The van der Waals surface area contributed by atoms with Crippen LogP contribution in [0.4, 0.5) is 0 Å². The van der Waals surface area contributed by atoms with Crippen LogP contribution >= 0.6 is 0 Å². The van der Waals surface area contributed by atoms with Gasteiger partial charge >= 0.3 is 0 Å². The molecule has 1 aromatic rings. The molecular formula is C21H27N2O2+. The lowest BCUT2D eigenvalue weighted by Gasteiger charge is -2.55. The number of hydrogen-bond donors (Lipinski definition) is 1. The van der Waals surface area contributed by atoms with Gasteiger partial charge in [0, 0.05) is 19.3 Å². The number of rotatable bonds is 4. The number of benzene rings is 1. The Labute approximate surface area is 149 Å². The van der Waals surface area contributed by atoms with Crippen LogP contribution in [0.15, 0.2) is 30.3 Å². The summed E-state index contributed by atoms with van der Waals surface area (Å²) in [5, 5.41) is 2.34. The fraction of sp³-hybridized carbons (Fsp3) is 0.619. The number of carbonyl (C=O) groups excluding carboxylic acids is 2. The van der Waals surface area contributed by atoms with Gasteiger partial charge in [-0.15, -0.1) is 0 Å². The van der Waals surface area contributed by atoms with Crippen molar-refractivity contribution >= 4 is 11.8 Å². The van der Waals surface area contributed by atoms with Crippen molar-refractivity contribution in [3.8, 4) is 0 Å². The second-order valence-electron chi connectivity index (χ2n) is 9.06. The number of imide groups is 1. The van der Waals surface area contributed by atoms with Gasteiger partial charge in [0.25, 0.3) is 5.91 Å². The highest BCUT2D eigenvalue weighted by molar-refractivity contribution is 6.04. The van der Waals surface area contributed by atoms with E-state index in [1.807, 2.05) is 30.3 Å². The third-order valence-electron chi connectivity index (χ3n) is 7.10. The van der Waals surface area contributed by atoms with Crippen LogP contribution in [-0.4, -0.2) is 28.3 Å². The zero-order valence-electron chi connectivity index (χ0n) is 14.7. The van der Waals surface area contributed by atoms with E-state index < -0.39 is 0 Å². The van der Waals surface area contributed by atoms with Gasteiger partial charge in [0.05, 0.1) is 18.5 Å². The van der Waals surface area contributed by atoms with Crippen molar-refractivity contribution in [1.82, 2.24) is 4.90 Å². The highest BCUT2D eigenvalue weighted by Crippen LogP contribution is 2.54. The predicted octanol–water partition coefficient (Wildman–Crippen LogP) is 1.85. The summed E-state index contributed by atoms with van der Waals surface area (Å²) in [6.07, 6.45) is 8.38. The summed E-state index contributed by atoms with van der Waals surface area (Å²) in [4.78, 5) is 26.9. The Morgan fingerprint density at radius 1 is 0.960 bits per heavy atom. The van der Waals surface area contributed by atoms with Gasteiger partial charge in [0.1, 0.15) is 0 Å². The van der Waals surface area contributed by atoms with Crippen LogP contribution in [0.25, 0.3) is 0 Å². The lowest BCUT2D eigenvalue weighted by atomic mass is 9.53. The molecule has 1 saturated heterocycles. The van der Waals surface area contributed by atoms with Crippen LogP contribution in [-0.2, 0) is 16.1 Å². The average Bonchev–Trinajstić information content (AvgIpc) is 2.81. The van der Waals surface area contributed by atoms with E-state index >= 15 is 0 Å². The number of likely N-dealkylation sites (tertiary alicyclic amines) is 1. The van der Waals surface area contributed by atoms with Gasteiger partial charge in [-0.2, -0.15) is 0 Å². The van der Waals surface area contributed by atoms with Crippen molar-refractivity contribution in [2.45, 2.75) is 63.1 Å². The van der Waals surface area contributed by atoms with E-state index in [0.717, 1.165) is 23.3 Å². The third-order valence-corrected chi connectivity index (χ3v) is 7.10. The van der Waals surface area contributed by atoms with Crippen molar-refractivity contribution in [2.75, 3.05) is 0 Å². The molecule has 4 aliphatic carbocycles. The van der Waals surface area contributed by atoms with Crippen molar-refractivity contribution < 1.29 is 14.9 Å². The normalized spacial score (nSPS) is 39.4. The number of nitrogens with zero attached hydrogens (tertiary/aromatic N) is 1. The lowest BCUT2D eigenvalue weighted by Crippen LogP contribution is -3.03. The minimum Gasteiger partial charge on any atom is -0.331 e. The average molecular weight is 339 g/mol. The van der Waals surface area contributed by atoms with Gasteiger partial charge in [-0.1, -0.05) is 30.3 Å². The Balaban J connectivity index is 1.31. The van der Waals surface area contributed by atoms with E-state index in [-0.39, 0.29) is 23.4 Å². The van der Waals surface area contributed by atoms with Gasteiger partial charge in [-0.25, -0.2) is 0 Å². The molecule has 5 aliphatic rings. The highest BCUT2D eigenvalue weighted by Gasteiger charge is 2.56. The van der Waals surface area contributed by atoms with Gasteiger partial charge in [0.2, 0.25) is 5.91 Å². The Kier molecular flexibility index (Phi) is 3.53. The first kappa shape index (κ1) is 15.6. The number of amides is 2. The molecule has 132 valence electrons. The lowest BCUT2D eigenvalue weighted by molar-refractivity contribution is -0.755. The maximum Gasteiger partial charge on any atom is 0.288 e. The number of hydrogen-bond acceptors (Lipinski definition) is 2. The highest BCUT2D eigenvalue weighted by atomic mass is 16.2. The molecule has 1 atom stereocenters. The molecule has 0 radical (unpaired) electrons. The van der Waals surface area contributed by atoms with Crippen LogP contribution in [0, 0.1) is 17.8 Å². The van der Waals surface area contributed by atoms with Crippen LogP contribution in [0.1, 0.15) is 50.5 Å². The molecule has 4 nitrogen and oxygen atoms in total. The zero-order chi connectivity index (χ0) is 17.0. The summed E-state index contributed by atoms with van der Waals surface area (Å²) in [7, 11) is 0. The second-order valence-corrected chi connectivity index (χ2v) is 9.06. The van der Waals surface area contributed by atoms with Crippen LogP contribution in [0.2, 0.25) is 0 Å². The smallest absolute Gasteiger partial charge is 0.288 e. The topological polar surface area (TPSA) is 54.0 Å². The zero-order valence-corrected chi connectivity index (χ0v) is 14.7. The summed E-state index contributed by atoms with van der Waals surface area (Å²) in [6.45, 7) is 0.420. The van der Waals surface area contributed by atoms with Gasteiger partial charge in [-0.3, -0.25) is 14.5 Å². The fourth-order valence-electron chi connectivity index (χ4n) is 6.58. The Morgan fingerprint density at radius 2 is 1.56 bits per heavy atom. The summed E-state index contributed by atoms with van der Waals surface area (Å²) in [5.74, 6) is 2.64. The number of nitrogens with two attached hydrogens (primary N) is 1. The first-order chi connectivity index (χ1) is 12.1. The number of carbonyl (C=O) groups is 2. The van der Waals surface area contributed by atoms with Gasteiger partial charge in [-0.05, 0) is 42.6 Å². The summed E-state index contributed by atoms with van der Waals surface area (Å²) in [6, 6.07) is 9.65. The Bertz CT molecular complexity index is 664. The van der Waals surface area contributed by atoms with Gasteiger partial charge < -0.3 is 5.32 Å². The molecule has 6 rings (SSSR count). The van der Waals surface area contributed by atoms with Gasteiger partial charge in [0.15, 0.2) is 6.04 Å². The summed E-state index contributed by atoms with van der Waals surface area (Å²) >= 11 is 0. The van der Waals surface area contributed by atoms with Crippen LogP contribution in [0.3, 0.4) is 0 Å². The van der Waals surface area contributed by atoms with Crippen molar-refractivity contribution in [3.63, 3.8) is 0 Å². The molecule has 2 amide bonds. The van der Waals surface area contributed by atoms with Crippen LogP contribution < -0.4 is 5.32 Å².